The Morgan fingerprint density at radius 2 is 1.82 bits per heavy atom. The van der Waals surface area contributed by atoms with Gasteiger partial charge in [0.2, 0.25) is 5.91 Å². The number of amides is 1. The molecule has 4 atom stereocenters. The third-order valence-electron chi connectivity index (χ3n) is 6.28. The summed E-state index contributed by atoms with van der Waals surface area (Å²) in [7, 11) is 0. The van der Waals surface area contributed by atoms with E-state index in [4.69, 9.17) is 9.47 Å². The number of aliphatic hydroxyl groups excluding tert-OH is 1. The number of carbonyl (C=O) groups excluding carboxylic acids is 1. The molecule has 0 aliphatic carbocycles. The molecular weight excluding hydrogens is 449 g/mol. The molecule has 1 amide bonds. The third-order valence-corrected chi connectivity index (χ3v) is 6.28. The molecule has 2 saturated heterocycles. The summed E-state index contributed by atoms with van der Waals surface area (Å²) in [6, 6.07) is 9.11. The molecule has 0 saturated carbocycles. The van der Waals surface area contributed by atoms with Gasteiger partial charge in [0, 0.05) is 31.2 Å². The summed E-state index contributed by atoms with van der Waals surface area (Å²) in [5, 5.41) is 13.1. The number of hydrogen-bond donors (Lipinski definition) is 2. The highest BCUT2D eigenvalue weighted by Crippen LogP contribution is 2.29. The van der Waals surface area contributed by atoms with Gasteiger partial charge in [0.05, 0.1) is 37.9 Å². The van der Waals surface area contributed by atoms with Crippen LogP contribution in [0.3, 0.4) is 0 Å². The smallest absolute Gasteiger partial charge is 0.222 e. The van der Waals surface area contributed by atoms with Crippen molar-refractivity contribution in [2.24, 2.45) is 0 Å². The summed E-state index contributed by atoms with van der Waals surface area (Å²) in [6.07, 6.45) is -0.00169. The molecule has 2 N–H and O–H groups in total. The van der Waals surface area contributed by atoms with E-state index < -0.39 is 17.7 Å². The van der Waals surface area contributed by atoms with E-state index in [1.165, 1.54) is 18.2 Å². The monoisotopic (exact) mass is 478 g/mol. The second-order valence-electron chi connectivity index (χ2n) is 8.91. The Kier molecular flexibility index (Phi) is 8.20. The Morgan fingerprint density at radius 1 is 1.06 bits per heavy atom. The summed E-state index contributed by atoms with van der Waals surface area (Å²) in [6.45, 7) is 1.01. The van der Waals surface area contributed by atoms with Crippen LogP contribution in [0.2, 0.25) is 0 Å². The first-order valence-corrected chi connectivity index (χ1v) is 11.5. The number of fused-ring (bicyclic) bond motifs is 1. The average Bonchev–Trinajstić information content (AvgIpc) is 2.80. The van der Waals surface area contributed by atoms with E-state index >= 15 is 0 Å². The van der Waals surface area contributed by atoms with Gasteiger partial charge in [-0.2, -0.15) is 0 Å². The van der Waals surface area contributed by atoms with Crippen molar-refractivity contribution in [2.75, 3.05) is 19.8 Å². The topological polar surface area (TPSA) is 71.0 Å². The fourth-order valence-electron chi connectivity index (χ4n) is 4.59. The quantitative estimate of drug-likeness (QED) is 0.668. The second-order valence-corrected chi connectivity index (χ2v) is 8.91. The van der Waals surface area contributed by atoms with Crippen molar-refractivity contribution >= 4 is 5.91 Å². The van der Waals surface area contributed by atoms with Crippen LogP contribution in [-0.4, -0.2) is 60.0 Å². The summed E-state index contributed by atoms with van der Waals surface area (Å²) >= 11 is 0. The molecule has 9 heteroatoms. The molecule has 0 spiro atoms. The normalized spacial score (nSPS) is 25.8. The maximum Gasteiger partial charge on any atom is 0.222 e. The van der Waals surface area contributed by atoms with Gasteiger partial charge >= 0.3 is 0 Å². The average molecular weight is 479 g/mol. The van der Waals surface area contributed by atoms with Crippen LogP contribution in [-0.2, 0) is 27.4 Å². The van der Waals surface area contributed by atoms with Crippen LogP contribution in [0.25, 0.3) is 0 Å². The number of benzene rings is 2. The van der Waals surface area contributed by atoms with Gasteiger partial charge in [-0.3, -0.25) is 9.69 Å². The molecule has 0 aromatic heterocycles. The van der Waals surface area contributed by atoms with Crippen molar-refractivity contribution < 1.29 is 32.5 Å². The number of carbonyl (C=O) groups is 1. The van der Waals surface area contributed by atoms with E-state index in [0.717, 1.165) is 17.7 Å². The Hall–Kier alpha value is -2.46. The lowest BCUT2D eigenvalue weighted by Crippen LogP contribution is -2.55. The van der Waals surface area contributed by atoms with Crippen LogP contribution in [0.15, 0.2) is 42.5 Å². The minimum absolute atomic E-state index is 0.109. The van der Waals surface area contributed by atoms with E-state index in [9.17, 15) is 23.1 Å². The number of β-amino-alcohol motifs (C(OH)–C–C–N with tert-alkyl or cyclic N) is 1. The number of aliphatic hydroxyl groups is 1. The van der Waals surface area contributed by atoms with Crippen LogP contribution >= 0.6 is 0 Å². The lowest BCUT2D eigenvalue weighted by Gasteiger charge is -2.44. The van der Waals surface area contributed by atoms with E-state index in [0.29, 0.717) is 19.4 Å². The van der Waals surface area contributed by atoms with E-state index in [1.54, 1.807) is 12.1 Å². The first-order valence-electron chi connectivity index (χ1n) is 11.5. The van der Waals surface area contributed by atoms with Gasteiger partial charge in [-0.15, -0.1) is 0 Å². The summed E-state index contributed by atoms with van der Waals surface area (Å²) in [5.74, 6) is -1.52. The molecule has 4 rings (SSSR count). The van der Waals surface area contributed by atoms with Crippen molar-refractivity contribution in [1.82, 2.24) is 10.2 Å². The van der Waals surface area contributed by atoms with Crippen LogP contribution in [0.5, 0.6) is 0 Å². The molecule has 2 aromatic carbocycles. The number of rotatable bonds is 6. The van der Waals surface area contributed by atoms with Crippen LogP contribution in [0.4, 0.5) is 13.2 Å². The van der Waals surface area contributed by atoms with Gasteiger partial charge in [0.15, 0.2) is 0 Å². The molecule has 2 heterocycles. The first-order chi connectivity index (χ1) is 16.4. The van der Waals surface area contributed by atoms with Crippen LogP contribution < -0.4 is 5.32 Å². The first kappa shape index (κ1) is 24.7. The van der Waals surface area contributed by atoms with Crippen molar-refractivity contribution in [2.45, 2.75) is 56.7 Å². The lowest BCUT2D eigenvalue weighted by atomic mass is 9.94. The SMILES string of the molecule is O=C(C[C@@H]1CC[C@@H]2[C@H](COC[C@@H](O)CN2Cc2cc(F)ccc2F)O1)NCc1ccc(F)cc1. The Labute approximate surface area is 196 Å². The molecule has 0 radical (unpaired) electrons. The van der Waals surface area contributed by atoms with E-state index in [-0.39, 0.29) is 68.3 Å². The number of nitrogens with one attached hydrogen (secondary N) is 1. The molecular formula is C25H29F3N2O4. The molecule has 2 aliphatic heterocycles. The van der Waals surface area contributed by atoms with Crippen LogP contribution in [0.1, 0.15) is 30.4 Å². The van der Waals surface area contributed by atoms with E-state index in [1.807, 2.05) is 4.90 Å². The van der Waals surface area contributed by atoms with Crippen molar-refractivity contribution in [1.29, 1.82) is 0 Å². The van der Waals surface area contributed by atoms with Crippen molar-refractivity contribution in [3.05, 3.63) is 71.0 Å². The molecule has 184 valence electrons. The number of hydrogen-bond acceptors (Lipinski definition) is 5. The Balaban J connectivity index is 1.36. The zero-order chi connectivity index (χ0) is 24.1. The molecule has 2 fully saturated rings. The summed E-state index contributed by atoms with van der Waals surface area (Å²) in [5.41, 5.74) is 1.02. The Bertz CT molecular complexity index is 975. The zero-order valence-electron chi connectivity index (χ0n) is 18.8. The lowest BCUT2D eigenvalue weighted by molar-refractivity contribution is -0.158. The standard InChI is InChI=1S/C25H29F3N2O4/c26-18-3-1-16(2-4-18)11-29-25(32)10-21-6-8-23-24(34-21)15-33-14-20(31)13-30(23)12-17-9-19(27)5-7-22(17)28/h1-5,7,9,20-21,23-24,31H,6,8,10-15H2,(H,29,32)/t20-,21-,23+,24-/m0/s1. The highest BCUT2D eigenvalue weighted by Gasteiger charge is 2.38. The highest BCUT2D eigenvalue weighted by atomic mass is 19.1. The third kappa shape index (κ3) is 6.56. The van der Waals surface area contributed by atoms with Gasteiger partial charge in [0.25, 0.3) is 0 Å². The van der Waals surface area contributed by atoms with E-state index in [2.05, 4.69) is 5.32 Å². The largest absolute Gasteiger partial charge is 0.389 e. The van der Waals surface area contributed by atoms with Crippen molar-refractivity contribution in [3.63, 3.8) is 0 Å². The Morgan fingerprint density at radius 3 is 2.62 bits per heavy atom. The number of ether oxygens (including phenoxy) is 2. The molecule has 34 heavy (non-hydrogen) atoms. The summed E-state index contributed by atoms with van der Waals surface area (Å²) in [4.78, 5) is 14.4. The van der Waals surface area contributed by atoms with Crippen molar-refractivity contribution in [3.8, 4) is 0 Å². The highest BCUT2D eigenvalue weighted by molar-refractivity contribution is 5.76. The zero-order valence-corrected chi connectivity index (χ0v) is 18.8. The molecule has 2 aromatic rings. The molecule has 6 nitrogen and oxygen atoms in total. The molecule has 0 bridgehead atoms. The second kappa shape index (κ2) is 11.3. The van der Waals surface area contributed by atoms with Gasteiger partial charge in [-0.25, -0.2) is 13.2 Å². The minimum Gasteiger partial charge on any atom is -0.389 e. The fraction of sp³-hybridized carbons (Fsp3) is 0.480. The predicted octanol–water partition coefficient (Wildman–Crippen LogP) is 2.92. The predicted molar refractivity (Wildman–Crippen MR) is 118 cm³/mol. The van der Waals surface area contributed by atoms with Gasteiger partial charge in [0.1, 0.15) is 17.5 Å². The maximum atomic E-state index is 14.3. The minimum atomic E-state index is -0.757. The van der Waals surface area contributed by atoms with Crippen LogP contribution in [0, 0.1) is 17.5 Å². The maximum absolute atomic E-state index is 14.3. The van der Waals surface area contributed by atoms with Gasteiger partial charge < -0.3 is 19.9 Å². The summed E-state index contributed by atoms with van der Waals surface area (Å²) < 4.78 is 52.8. The fourth-order valence-corrected chi connectivity index (χ4v) is 4.59. The van der Waals surface area contributed by atoms with Gasteiger partial charge in [-0.1, -0.05) is 12.1 Å². The molecule has 0 unspecified atom stereocenters. The molecule has 2 aliphatic rings. The van der Waals surface area contributed by atoms with Gasteiger partial charge in [-0.05, 0) is 48.7 Å². The number of halogens is 3. The number of nitrogens with zero attached hydrogens (tertiary/aromatic N) is 1.